The summed E-state index contributed by atoms with van der Waals surface area (Å²) in [4.78, 5) is 26.6. The number of amides is 1. The lowest BCUT2D eigenvalue weighted by atomic mass is 9.84. The van der Waals surface area contributed by atoms with Gasteiger partial charge in [0.1, 0.15) is 0 Å². The van der Waals surface area contributed by atoms with Crippen molar-refractivity contribution in [3.63, 3.8) is 0 Å². The maximum absolute atomic E-state index is 13.5. The lowest BCUT2D eigenvalue weighted by Crippen LogP contribution is -2.49. The maximum Gasteiger partial charge on any atom is 0.250 e. The molecule has 2 bridgehead atoms. The van der Waals surface area contributed by atoms with Crippen LogP contribution in [0.15, 0.2) is 46.1 Å². The Kier molecular flexibility index (Phi) is 4.08. The first-order valence-corrected chi connectivity index (χ1v) is 11.7. The molecule has 1 amide bonds. The van der Waals surface area contributed by atoms with E-state index in [9.17, 15) is 18.0 Å². The van der Waals surface area contributed by atoms with Gasteiger partial charge in [-0.2, -0.15) is 4.31 Å². The third-order valence-corrected chi connectivity index (χ3v) is 8.75. The molecule has 5 rings (SSSR count). The number of nitrogens with zero attached hydrogens (tertiary/aromatic N) is 3. The topological polar surface area (TPSA) is 79.7 Å². The van der Waals surface area contributed by atoms with Crippen molar-refractivity contribution in [2.75, 3.05) is 25.0 Å². The smallest absolute Gasteiger partial charge is 0.250 e. The highest BCUT2D eigenvalue weighted by molar-refractivity contribution is 7.89. The van der Waals surface area contributed by atoms with Crippen molar-refractivity contribution in [3.8, 4) is 0 Å². The van der Waals surface area contributed by atoms with Gasteiger partial charge in [-0.1, -0.05) is 6.07 Å². The first kappa shape index (κ1) is 19.5. The van der Waals surface area contributed by atoms with E-state index in [1.807, 2.05) is 19.9 Å². The summed E-state index contributed by atoms with van der Waals surface area (Å²) in [5.74, 6) is 0.0889. The minimum Gasteiger partial charge on any atom is -0.314 e. The largest absolute Gasteiger partial charge is 0.314 e. The van der Waals surface area contributed by atoms with Gasteiger partial charge in [0.15, 0.2) is 0 Å². The summed E-state index contributed by atoms with van der Waals surface area (Å²) in [5, 5.41) is 0. The standard InChI is InChI=1S/C22H25N3O4S/c1-22(2)17-10-16(7-8-19(17)23(3)21(22)27)30(28,29)24-11-14-9-15(13-24)18-5-4-6-20(26)25(18)12-14/h4-8,10,14-15H,9,11-13H2,1-3H3. The number of aromatic nitrogens is 1. The molecule has 2 aromatic rings. The fourth-order valence-electron chi connectivity index (χ4n) is 5.31. The number of benzene rings is 1. The molecule has 0 saturated carbocycles. The van der Waals surface area contributed by atoms with Crippen molar-refractivity contribution in [2.45, 2.75) is 43.0 Å². The van der Waals surface area contributed by atoms with Crippen molar-refractivity contribution in [1.82, 2.24) is 8.87 Å². The quantitative estimate of drug-likeness (QED) is 0.733. The maximum atomic E-state index is 13.5. The average molecular weight is 428 g/mol. The van der Waals surface area contributed by atoms with Crippen LogP contribution >= 0.6 is 0 Å². The molecule has 3 aliphatic rings. The highest BCUT2D eigenvalue weighted by Gasteiger charge is 2.44. The summed E-state index contributed by atoms with van der Waals surface area (Å²) in [6.45, 7) is 4.97. The Balaban J connectivity index is 1.51. The van der Waals surface area contributed by atoms with E-state index in [1.54, 1.807) is 51.2 Å². The van der Waals surface area contributed by atoms with E-state index >= 15 is 0 Å². The summed E-state index contributed by atoms with van der Waals surface area (Å²) in [7, 11) is -1.99. The molecule has 30 heavy (non-hydrogen) atoms. The predicted octanol–water partition coefficient (Wildman–Crippen LogP) is 1.91. The highest BCUT2D eigenvalue weighted by atomic mass is 32.2. The number of carbonyl (C=O) groups is 1. The number of pyridine rings is 1. The zero-order chi connectivity index (χ0) is 21.4. The van der Waals surface area contributed by atoms with Gasteiger partial charge in [-0.25, -0.2) is 8.42 Å². The van der Waals surface area contributed by atoms with E-state index in [-0.39, 0.29) is 28.2 Å². The summed E-state index contributed by atoms with van der Waals surface area (Å²) in [6, 6.07) is 10.2. The van der Waals surface area contributed by atoms with Crippen LogP contribution in [0, 0.1) is 5.92 Å². The lowest BCUT2D eigenvalue weighted by Gasteiger charge is -2.42. The molecule has 1 aromatic carbocycles. The number of hydrogen-bond acceptors (Lipinski definition) is 4. The van der Waals surface area contributed by atoms with Crippen LogP contribution in [0.2, 0.25) is 0 Å². The molecule has 2 unspecified atom stereocenters. The van der Waals surface area contributed by atoms with Crippen LogP contribution in [0.5, 0.6) is 0 Å². The van der Waals surface area contributed by atoms with Gasteiger partial charge in [-0.15, -0.1) is 0 Å². The van der Waals surface area contributed by atoms with Crippen molar-refractivity contribution < 1.29 is 13.2 Å². The first-order valence-electron chi connectivity index (χ1n) is 10.2. The zero-order valence-corrected chi connectivity index (χ0v) is 18.1. The number of fused-ring (bicyclic) bond motifs is 5. The molecule has 2 atom stereocenters. The fourth-order valence-corrected chi connectivity index (χ4v) is 6.90. The van der Waals surface area contributed by atoms with E-state index in [4.69, 9.17) is 0 Å². The van der Waals surface area contributed by atoms with Crippen LogP contribution in [0.25, 0.3) is 0 Å². The van der Waals surface area contributed by atoms with Gasteiger partial charge in [0.25, 0.3) is 5.56 Å². The molecule has 0 aliphatic carbocycles. The monoisotopic (exact) mass is 427 g/mol. The van der Waals surface area contributed by atoms with Gasteiger partial charge in [-0.3, -0.25) is 9.59 Å². The Morgan fingerprint density at radius 2 is 1.80 bits per heavy atom. The van der Waals surface area contributed by atoms with E-state index < -0.39 is 15.4 Å². The van der Waals surface area contributed by atoms with Crippen molar-refractivity contribution in [2.24, 2.45) is 5.92 Å². The summed E-state index contributed by atoms with van der Waals surface area (Å²) >= 11 is 0. The van der Waals surface area contributed by atoms with Crippen molar-refractivity contribution >= 4 is 21.6 Å². The second-order valence-corrected chi connectivity index (χ2v) is 11.1. The normalized spacial score (nSPS) is 25.2. The number of hydrogen-bond donors (Lipinski definition) is 0. The number of carbonyl (C=O) groups excluding carboxylic acids is 1. The SMILES string of the molecule is CN1C(=O)C(C)(C)c2cc(S(=O)(=O)N3CC4CC(C3)c3cccc(=O)n3C4)ccc21. The van der Waals surface area contributed by atoms with Crippen molar-refractivity contribution in [1.29, 1.82) is 0 Å². The van der Waals surface area contributed by atoms with Crippen LogP contribution in [-0.4, -0.2) is 43.3 Å². The minimum atomic E-state index is -3.71. The number of rotatable bonds is 2. The van der Waals surface area contributed by atoms with Crippen LogP contribution < -0.4 is 10.5 Å². The molecule has 158 valence electrons. The Labute approximate surface area is 176 Å². The molecule has 8 heteroatoms. The van der Waals surface area contributed by atoms with E-state index in [1.165, 1.54) is 0 Å². The zero-order valence-electron chi connectivity index (χ0n) is 17.3. The molecule has 1 fully saturated rings. The van der Waals surface area contributed by atoms with Crippen LogP contribution in [-0.2, 0) is 26.8 Å². The molecule has 7 nitrogen and oxygen atoms in total. The third-order valence-electron chi connectivity index (χ3n) is 6.93. The predicted molar refractivity (Wildman–Crippen MR) is 113 cm³/mol. The summed E-state index contributed by atoms with van der Waals surface area (Å²) in [5.41, 5.74) is 1.64. The fraction of sp³-hybridized carbons (Fsp3) is 0.455. The summed E-state index contributed by atoms with van der Waals surface area (Å²) < 4.78 is 30.4. The number of sulfonamides is 1. The molecule has 1 saturated heterocycles. The third kappa shape index (κ3) is 2.63. The van der Waals surface area contributed by atoms with Gasteiger partial charge in [0.2, 0.25) is 15.9 Å². The van der Waals surface area contributed by atoms with E-state index in [0.29, 0.717) is 19.6 Å². The number of piperidine rings is 1. The molecule has 0 radical (unpaired) electrons. The second kappa shape index (κ2) is 6.28. The Morgan fingerprint density at radius 3 is 2.57 bits per heavy atom. The number of anilines is 1. The molecular formula is C22H25N3O4S. The van der Waals surface area contributed by atoms with Crippen LogP contribution in [0.1, 0.15) is 37.4 Å². The molecular weight excluding hydrogens is 402 g/mol. The van der Waals surface area contributed by atoms with Crippen LogP contribution in [0.3, 0.4) is 0 Å². The number of likely N-dealkylation sites (N-methyl/N-ethyl adjacent to an activating group) is 1. The van der Waals surface area contributed by atoms with Crippen molar-refractivity contribution in [3.05, 3.63) is 58.0 Å². The highest BCUT2D eigenvalue weighted by Crippen LogP contribution is 2.43. The lowest BCUT2D eigenvalue weighted by molar-refractivity contribution is -0.121. The molecule has 4 heterocycles. The van der Waals surface area contributed by atoms with E-state index in [2.05, 4.69) is 0 Å². The summed E-state index contributed by atoms with van der Waals surface area (Å²) in [6.07, 6.45) is 0.895. The van der Waals surface area contributed by atoms with E-state index in [0.717, 1.165) is 23.4 Å². The van der Waals surface area contributed by atoms with Crippen LogP contribution in [0.4, 0.5) is 5.69 Å². The van der Waals surface area contributed by atoms with Gasteiger partial charge in [-0.05, 0) is 56.0 Å². The molecule has 3 aliphatic heterocycles. The average Bonchev–Trinajstić information content (AvgIpc) is 2.89. The molecule has 0 N–H and O–H groups in total. The Morgan fingerprint density at radius 1 is 1.03 bits per heavy atom. The molecule has 1 aromatic heterocycles. The van der Waals surface area contributed by atoms with Gasteiger partial charge in [0, 0.05) is 50.0 Å². The molecule has 0 spiro atoms. The van der Waals surface area contributed by atoms with Gasteiger partial charge >= 0.3 is 0 Å². The minimum absolute atomic E-state index is 0.0137. The Hall–Kier alpha value is -2.45. The van der Waals surface area contributed by atoms with Gasteiger partial charge < -0.3 is 9.47 Å². The second-order valence-electron chi connectivity index (χ2n) is 9.19. The van der Waals surface area contributed by atoms with Gasteiger partial charge in [0.05, 0.1) is 10.3 Å². The Bertz CT molecular complexity index is 1230. The first-order chi connectivity index (χ1) is 14.1.